The summed E-state index contributed by atoms with van der Waals surface area (Å²) in [6.45, 7) is 0. The summed E-state index contributed by atoms with van der Waals surface area (Å²) in [5.74, 6) is 1.83. The molecule has 0 amide bonds. The SMILES string of the molecule is c1ccc(-c2cccc(-c3nc(-c4ccc(-c5ccc6c(c5)-c5cccc7cccc-6c57)cc4)nc(-c4cccc5oc6ccccc6c45)n3)c2)cc1. The first kappa shape index (κ1) is 29.5. The van der Waals surface area contributed by atoms with Gasteiger partial charge in [0.1, 0.15) is 11.2 Å². The lowest BCUT2D eigenvalue weighted by atomic mass is 9.97. The molecule has 0 aliphatic heterocycles. The molecule has 2 heterocycles. The minimum absolute atomic E-state index is 0.601. The number of para-hydroxylation sites is 1. The van der Waals surface area contributed by atoms with E-state index in [1.165, 1.54) is 38.6 Å². The number of nitrogens with zero attached hydrogens (tertiary/aromatic N) is 3. The van der Waals surface area contributed by atoms with Crippen LogP contribution in [0.15, 0.2) is 180 Å². The molecule has 2 aromatic heterocycles. The number of fused-ring (bicyclic) bond motifs is 6. The zero-order chi connectivity index (χ0) is 34.9. The maximum absolute atomic E-state index is 6.26. The molecule has 0 saturated carbocycles. The van der Waals surface area contributed by atoms with Gasteiger partial charge < -0.3 is 4.42 Å². The monoisotopic (exact) mass is 675 g/mol. The summed E-state index contributed by atoms with van der Waals surface area (Å²) >= 11 is 0. The molecule has 8 aromatic carbocycles. The molecule has 0 radical (unpaired) electrons. The molecule has 1 aliphatic carbocycles. The lowest BCUT2D eigenvalue weighted by molar-refractivity contribution is 0.669. The van der Waals surface area contributed by atoms with Crippen LogP contribution in [0.4, 0.5) is 0 Å². The van der Waals surface area contributed by atoms with E-state index in [1.807, 2.05) is 36.4 Å². The first-order chi connectivity index (χ1) is 26.2. The van der Waals surface area contributed by atoms with Crippen molar-refractivity contribution in [2.75, 3.05) is 0 Å². The van der Waals surface area contributed by atoms with Gasteiger partial charge in [-0.15, -0.1) is 0 Å². The van der Waals surface area contributed by atoms with Crippen molar-refractivity contribution in [1.82, 2.24) is 15.0 Å². The highest BCUT2D eigenvalue weighted by Crippen LogP contribution is 2.48. The molecule has 246 valence electrons. The van der Waals surface area contributed by atoms with Crippen molar-refractivity contribution >= 4 is 32.7 Å². The van der Waals surface area contributed by atoms with Gasteiger partial charge in [-0.25, -0.2) is 15.0 Å². The standard InChI is InChI=1S/C49H29N3O/c1-2-10-30(11-3-1)34-14-6-15-36(28-34)48-50-47(51-49(52-48)41-19-9-21-44-46(41)40-16-4-5-20-43(40)53-44)33-24-22-31(23-25-33)35-26-27-37-38-17-7-12-32-13-8-18-39(45(32)38)42(37)29-35/h1-29H. The van der Waals surface area contributed by atoms with Gasteiger partial charge >= 0.3 is 0 Å². The number of furan rings is 1. The summed E-state index contributed by atoms with van der Waals surface area (Å²) in [7, 11) is 0. The maximum Gasteiger partial charge on any atom is 0.164 e. The average molecular weight is 676 g/mol. The Labute approximate surface area is 305 Å². The minimum Gasteiger partial charge on any atom is -0.456 e. The Kier molecular flexibility index (Phi) is 6.52. The van der Waals surface area contributed by atoms with Crippen molar-refractivity contribution in [3.63, 3.8) is 0 Å². The van der Waals surface area contributed by atoms with Crippen molar-refractivity contribution in [2.24, 2.45) is 0 Å². The van der Waals surface area contributed by atoms with Crippen molar-refractivity contribution < 1.29 is 4.42 Å². The molecule has 0 bridgehead atoms. The predicted molar refractivity (Wildman–Crippen MR) is 216 cm³/mol. The largest absolute Gasteiger partial charge is 0.456 e. The third kappa shape index (κ3) is 4.80. The molecule has 4 heteroatoms. The second-order valence-electron chi connectivity index (χ2n) is 13.6. The quantitative estimate of drug-likeness (QED) is 0.182. The Morgan fingerprint density at radius 3 is 1.72 bits per heavy atom. The van der Waals surface area contributed by atoms with E-state index in [0.29, 0.717) is 17.5 Å². The van der Waals surface area contributed by atoms with E-state index in [9.17, 15) is 0 Å². The topological polar surface area (TPSA) is 51.8 Å². The third-order valence-electron chi connectivity index (χ3n) is 10.5. The third-order valence-corrected chi connectivity index (χ3v) is 10.5. The molecule has 0 atom stereocenters. The second kappa shape index (κ2) is 11.7. The van der Waals surface area contributed by atoms with Gasteiger partial charge in [0.05, 0.1) is 0 Å². The molecule has 0 saturated heterocycles. The van der Waals surface area contributed by atoms with E-state index in [4.69, 9.17) is 19.4 Å². The molecule has 0 N–H and O–H groups in total. The van der Waals surface area contributed by atoms with Crippen LogP contribution in [-0.2, 0) is 0 Å². The summed E-state index contributed by atoms with van der Waals surface area (Å²) in [5.41, 5.74) is 14.1. The van der Waals surface area contributed by atoms with Gasteiger partial charge in [-0.1, -0.05) is 152 Å². The second-order valence-corrected chi connectivity index (χ2v) is 13.6. The highest BCUT2D eigenvalue weighted by Gasteiger charge is 2.22. The molecular weight excluding hydrogens is 647 g/mol. The highest BCUT2D eigenvalue weighted by molar-refractivity contribution is 6.16. The van der Waals surface area contributed by atoms with E-state index in [-0.39, 0.29) is 0 Å². The molecule has 0 unspecified atom stereocenters. The first-order valence-corrected chi connectivity index (χ1v) is 17.9. The minimum atomic E-state index is 0.601. The fourth-order valence-electron chi connectivity index (χ4n) is 7.97. The van der Waals surface area contributed by atoms with Gasteiger partial charge in [-0.3, -0.25) is 0 Å². The van der Waals surface area contributed by atoms with Crippen LogP contribution in [0.5, 0.6) is 0 Å². The molecule has 0 fully saturated rings. The Hall–Kier alpha value is -7.17. The molecule has 1 aliphatic rings. The zero-order valence-corrected chi connectivity index (χ0v) is 28.5. The van der Waals surface area contributed by atoms with Crippen LogP contribution >= 0.6 is 0 Å². The van der Waals surface area contributed by atoms with Gasteiger partial charge in [0.25, 0.3) is 0 Å². The average Bonchev–Trinajstić information content (AvgIpc) is 3.78. The maximum atomic E-state index is 6.26. The Morgan fingerprint density at radius 1 is 0.302 bits per heavy atom. The van der Waals surface area contributed by atoms with Crippen molar-refractivity contribution in [3.05, 3.63) is 176 Å². The normalized spacial score (nSPS) is 11.8. The van der Waals surface area contributed by atoms with Crippen LogP contribution in [0.2, 0.25) is 0 Å². The van der Waals surface area contributed by atoms with Crippen molar-refractivity contribution in [1.29, 1.82) is 0 Å². The molecule has 10 aromatic rings. The van der Waals surface area contributed by atoms with Crippen LogP contribution in [0.3, 0.4) is 0 Å². The molecule has 11 rings (SSSR count). The molecular formula is C49H29N3O. The van der Waals surface area contributed by atoms with E-state index in [1.54, 1.807) is 0 Å². The van der Waals surface area contributed by atoms with Crippen molar-refractivity contribution in [3.8, 4) is 78.7 Å². The van der Waals surface area contributed by atoms with Crippen LogP contribution < -0.4 is 0 Å². The van der Waals surface area contributed by atoms with Crippen molar-refractivity contribution in [2.45, 2.75) is 0 Å². The van der Waals surface area contributed by atoms with Gasteiger partial charge in [0.2, 0.25) is 0 Å². The summed E-state index contributed by atoms with van der Waals surface area (Å²) in [6.07, 6.45) is 0. The molecule has 0 spiro atoms. The van der Waals surface area contributed by atoms with Gasteiger partial charge in [-0.05, 0) is 79.5 Å². The summed E-state index contributed by atoms with van der Waals surface area (Å²) in [6, 6.07) is 61.6. The fourth-order valence-corrected chi connectivity index (χ4v) is 7.97. The predicted octanol–water partition coefficient (Wildman–Crippen LogP) is 12.9. The van der Waals surface area contributed by atoms with E-state index in [2.05, 4.69) is 140 Å². The number of benzene rings is 8. The van der Waals surface area contributed by atoms with Gasteiger partial charge in [-0.2, -0.15) is 0 Å². The number of hydrogen-bond donors (Lipinski definition) is 0. The lowest BCUT2D eigenvalue weighted by Crippen LogP contribution is -2.00. The van der Waals surface area contributed by atoms with E-state index < -0.39 is 0 Å². The van der Waals surface area contributed by atoms with Crippen LogP contribution in [0.1, 0.15) is 0 Å². The number of aromatic nitrogens is 3. The smallest absolute Gasteiger partial charge is 0.164 e. The van der Waals surface area contributed by atoms with Crippen LogP contribution in [-0.4, -0.2) is 15.0 Å². The number of rotatable bonds is 5. The first-order valence-electron chi connectivity index (χ1n) is 17.9. The highest BCUT2D eigenvalue weighted by atomic mass is 16.3. The Bertz CT molecular complexity index is 3050. The van der Waals surface area contributed by atoms with E-state index in [0.717, 1.165) is 55.3 Å². The van der Waals surface area contributed by atoms with Crippen LogP contribution in [0, 0.1) is 0 Å². The Morgan fingerprint density at radius 2 is 0.868 bits per heavy atom. The summed E-state index contributed by atoms with van der Waals surface area (Å²) < 4.78 is 6.26. The van der Waals surface area contributed by atoms with E-state index >= 15 is 0 Å². The number of hydrogen-bond acceptors (Lipinski definition) is 4. The summed E-state index contributed by atoms with van der Waals surface area (Å²) in [5, 5.41) is 4.65. The fraction of sp³-hybridized carbons (Fsp3) is 0. The Balaban J connectivity index is 1.04. The summed E-state index contributed by atoms with van der Waals surface area (Å²) in [4.78, 5) is 15.4. The van der Waals surface area contributed by atoms with Crippen LogP contribution in [0.25, 0.3) is 111 Å². The lowest BCUT2D eigenvalue weighted by Gasteiger charge is -2.11. The van der Waals surface area contributed by atoms with Gasteiger partial charge in [0.15, 0.2) is 17.5 Å². The molecule has 53 heavy (non-hydrogen) atoms. The molecule has 4 nitrogen and oxygen atoms in total. The van der Waals surface area contributed by atoms with Gasteiger partial charge in [0, 0.05) is 27.5 Å². The zero-order valence-electron chi connectivity index (χ0n) is 28.5.